The average molecular weight is 2400 g/mol. The van der Waals surface area contributed by atoms with Gasteiger partial charge >= 0.3 is 63.2 Å². The van der Waals surface area contributed by atoms with Gasteiger partial charge in [-0.2, -0.15) is 181 Å². The molecule has 0 amide bonds. The third kappa shape index (κ3) is 22.6. The smallest absolute Gasteiger partial charge is 0.500 e. The molecule has 3 aliphatic carbocycles. The number of hydrazone groups is 4. The first-order valence-corrected chi connectivity index (χ1v) is 48.1. The van der Waals surface area contributed by atoms with Crippen molar-refractivity contribution in [3.63, 3.8) is 0 Å². The maximum atomic E-state index is 4.91. The van der Waals surface area contributed by atoms with E-state index >= 15 is 0 Å². The van der Waals surface area contributed by atoms with Crippen LogP contribution < -0.4 is 93.7 Å². The molecule has 13 aromatic carbocycles. The number of hydrogen-bond donors (Lipinski definition) is 0. The maximum Gasteiger partial charge on any atom is 4.00 e. The zero-order chi connectivity index (χ0) is 95.9. The van der Waals surface area contributed by atoms with Crippen molar-refractivity contribution in [2.24, 2.45) is 20.4 Å². The molecule has 0 saturated heterocycles. The quantitative estimate of drug-likeness (QED) is 0.0478. The summed E-state index contributed by atoms with van der Waals surface area (Å²) < 4.78 is 0. The van der Waals surface area contributed by atoms with E-state index in [1.54, 1.807) is 0 Å². The summed E-state index contributed by atoms with van der Waals surface area (Å²) in [7, 11) is 0. The Labute approximate surface area is 889 Å². The van der Waals surface area contributed by atoms with E-state index in [0.717, 1.165) is 115 Å². The van der Waals surface area contributed by atoms with Gasteiger partial charge in [-0.05, 0) is 156 Å². The van der Waals surface area contributed by atoms with E-state index in [2.05, 4.69) is 483 Å². The number of rotatable bonds is 22. The zero-order valence-electron chi connectivity index (χ0n) is 81.9. The van der Waals surface area contributed by atoms with E-state index in [9.17, 15) is 0 Å². The van der Waals surface area contributed by atoms with Crippen LogP contribution in [0.4, 0.5) is 51.2 Å². The van der Waals surface area contributed by atoms with E-state index in [1.807, 2.05) is 100 Å². The van der Waals surface area contributed by atoms with Gasteiger partial charge in [0.25, 0.3) is 0 Å². The van der Waals surface area contributed by atoms with E-state index in [1.165, 1.54) is 77.7 Å². The number of para-hydroxylation sites is 3. The van der Waals surface area contributed by atoms with Crippen molar-refractivity contribution in [3.05, 3.63) is 490 Å². The predicted molar refractivity (Wildman–Crippen MR) is 587 cm³/mol. The number of aryl methyl sites for hydroxylation is 9. The van der Waals surface area contributed by atoms with Crippen LogP contribution in [0.5, 0.6) is 0 Å². The molecule has 6 heterocycles. The third-order valence-corrected chi connectivity index (χ3v) is 26.7. The Morgan fingerprint density at radius 2 is 0.650 bits per heavy atom. The van der Waals surface area contributed by atoms with Crippen molar-refractivity contribution in [1.29, 1.82) is 0 Å². The van der Waals surface area contributed by atoms with Gasteiger partial charge in [-0.1, -0.05) is 283 Å². The molecule has 6 aliphatic heterocycles. The van der Waals surface area contributed by atoms with Gasteiger partial charge < -0.3 is 59.2 Å². The summed E-state index contributed by atoms with van der Waals surface area (Å²) in [6.07, 6.45) is 39.0. The van der Waals surface area contributed by atoms with Crippen molar-refractivity contribution in [3.8, 4) is 0 Å². The Balaban J connectivity index is 0.000000146. The van der Waals surface area contributed by atoms with Crippen LogP contribution in [0.15, 0.2) is 379 Å². The normalized spacial score (nSPS) is 16.8. The summed E-state index contributed by atoms with van der Waals surface area (Å²) in [6.45, 7) is 36.1. The largest absolute Gasteiger partial charge is 4.00 e. The fourth-order valence-corrected chi connectivity index (χ4v) is 20.3. The molecule has 0 bridgehead atoms. The number of allylic oxidation sites excluding steroid dienone is 6. The van der Waals surface area contributed by atoms with Crippen molar-refractivity contribution in [1.82, 2.24) is 14.7 Å². The van der Waals surface area contributed by atoms with E-state index < -0.39 is 0 Å². The predicted octanol–water partition coefficient (Wildman–Crippen LogP) is 18.9. The van der Waals surface area contributed by atoms with E-state index in [-0.39, 0.29) is 101 Å². The molecule has 13 aromatic rings. The van der Waals surface area contributed by atoms with E-state index in [4.69, 9.17) is 20.4 Å². The number of hydrogen-bond acceptors (Lipinski definition) is 16. The number of amidine groups is 2. The Morgan fingerprint density at radius 3 is 1.09 bits per heavy atom. The molecule has 3 atom stereocenters. The number of benzene rings is 13. The van der Waals surface area contributed by atoms with Gasteiger partial charge in [-0.3, -0.25) is 0 Å². The van der Waals surface area contributed by atoms with Gasteiger partial charge in [-0.15, -0.1) is 69.0 Å². The van der Waals surface area contributed by atoms with Crippen LogP contribution >= 0.6 is 0 Å². The average Bonchev–Trinajstić information content (AvgIpc) is 0.984. The van der Waals surface area contributed by atoms with Gasteiger partial charge in [0.1, 0.15) is 0 Å². The number of nitrogens with zero attached hydrogens (tertiary/aromatic N) is 16. The molecule has 0 saturated carbocycles. The topological polar surface area (TPSA) is 88.3 Å². The molecule has 0 aromatic heterocycles. The molecule has 143 heavy (non-hydrogen) atoms. The Bertz CT molecular complexity index is 7050. The maximum absolute atomic E-state index is 4.91. The SMILES string of the molecule is CC1=NN(c2[c-]c(B(c3[c-]c(N4[CH-]N([C@@H]5C=CC=CC5)C(C)=N4)ccc3)c3c(C)cc(C)cc3C)ccc2)[CH-]N1c1ccccc1.Cc1cc(C)c(B(c2[c-]c(N3C=C(c4ccccc4)N([C@@H]4C=CC=CC4)[CH-]3)ccc2)c2[c-]c(N3[CH-]N(c4ccccc4)C=N3)ccc2)c(C)c1.Cc1cc(C)c(B(c2[c-]c(N3C=CN(c4ccccc4)[CH-]3)ccc2)c2[c-]c(N3[CH-]N([C@@H]4C=CC=CC4)C=N3)ccc2)c(C)c1.[Pt+4].[Pt+4].[Pt+4]. The Morgan fingerprint density at radius 1 is 0.294 bits per heavy atom. The molecule has 0 radical (unpaired) electrons. The first-order valence-electron chi connectivity index (χ1n) is 48.1. The van der Waals surface area contributed by atoms with Crippen molar-refractivity contribution < 1.29 is 63.2 Å². The molecule has 0 unspecified atom stereocenters. The first-order chi connectivity index (χ1) is 68.4. The van der Waals surface area contributed by atoms with Crippen LogP contribution in [0.25, 0.3) is 5.70 Å². The summed E-state index contributed by atoms with van der Waals surface area (Å²) >= 11 is 0. The van der Waals surface area contributed by atoms with Crippen LogP contribution in [0, 0.1) is 139 Å². The summed E-state index contributed by atoms with van der Waals surface area (Å²) in [5, 5.41) is 26.9. The first kappa shape index (κ1) is 101. The molecule has 712 valence electrons. The molecule has 22 heteroatoms. The van der Waals surface area contributed by atoms with Crippen LogP contribution in [0.1, 0.15) is 88.7 Å². The van der Waals surface area contributed by atoms with Gasteiger partial charge in [0.2, 0.25) is 0 Å². The second kappa shape index (κ2) is 45.7. The standard InChI is InChI=1S/C44H38BN5.C39H37BN6.C38H34BN5.3Pt/c1-33-25-34(2)44(35(3)26-33)45(38-18-14-24-42(28-38)50-32-48(30-46-50)39-19-9-5-10-20-39)37-17-13-23-41(27-37)47-29-43(36-15-7-4-8-16-36)49(31-47)40-21-11-6-12-22-40;1-28-22-29(2)39(30(3)23-28)40(33-14-12-20-37(24-33)45-26-43(31(4)41-45)35-16-8-6-9-17-35)34-15-13-21-38(25-34)46-27-44(32(5)42-46)36-18-10-7-11-19-36;1-29-22-30(2)38(31(3)23-29)39(32-12-10-18-36(24-32)42-21-20-41(27-42)34-14-6-4-7-15-34)33-13-11-19-37(25-33)44-28-43(26-40-44)35-16-8-5-9-17-35;;;/h4-21,23-26,29-32,40H,22H2,1-3H3;6-18,20-23,26-27,36H,19H2,1-5H3;4-16,18-23,26-28,35H,17H2,1-3H3;;;/q3*-4;3*+4/t40-;36-;35-;;;/m111.../s1. The summed E-state index contributed by atoms with van der Waals surface area (Å²) in [5.74, 6) is 1.87. The number of anilines is 9. The fourth-order valence-electron chi connectivity index (χ4n) is 20.3. The summed E-state index contributed by atoms with van der Waals surface area (Å²) in [4.78, 5) is 17.4. The Hall–Kier alpha value is -13.7. The molecule has 0 fully saturated rings. The van der Waals surface area contributed by atoms with Crippen molar-refractivity contribution >= 4 is 151 Å². The second-order valence-electron chi connectivity index (χ2n) is 36.8. The molecule has 22 rings (SSSR count). The molecule has 9 aliphatic rings. The van der Waals surface area contributed by atoms with Gasteiger partial charge in [0, 0.05) is 40.9 Å². The van der Waals surface area contributed by atoms with Crippen LogP contribution in [0.3, 0.4) is 0 Å². The van der Waals surface area contributed by atoms with Crippen LogP contribution in [-0.2, 0) is 63.2 Å². The summed E-state index contributed by atoms with van der Waals surface area (Å²) in [5.41, 5.74) is 32.8. The molecular formula is C121H109B3N16Pt3. The van der Waals surface area contributed by atoms with E-state index in [0.29, 0.717) is 0 Å². The van der Waals surface area contributed by atoms with Crippen LogP contribution in [0.2, 0.25) is 0 Å². The van der Waals surface area contributed by atoms with Gasteiger partial charge in [0.15, 0.2) is 20.1 Å². The minimum atomic E-state index is -0.0893. The molecule has 0 N–H and O–H groups in total. The second-order valence-corrected chi connectivity index (χ2v) is 36.8. The fraction of sp³-hybridized carbons (Fsp3) is 0.140. The third-order valence-electron chi connectivity index (χ3n) is 26.7. The monoisotopic (exact) mass is 2400 g/mol. The zero-order valence-corrected chi connectivity index (χ0v) is 88.7. The molecular weight excluding hydrogens is 2300 g/mol. The van der Waals surface area contributed by atoms with Crippen molar-refractivity contribution in [2.45, 2.75) is 114 Å². The Kier molecular flexibility index (Phi) is 32.2. The van der Waals surface area contributed by atoms with Crippen LogP contribution in [-0.4, -0.2) is 77.3 Å². The van der Waals surface area contributed by atoms with Crippen molar-refractivity contribution in [2.75, 3.05) is 44.5 Å². The minimum absolute atomic E-state index is 0. The van der Waals surface area contributed by atoms with Gasteiger partial charge in [-0.25, -0.2) is 0 Å². The minimum Gasteiger partial charge on any atom is -0.500 e. The molecule has 0 spiro atoms. The molecule has 16 nitrogen and oxygen atoms in total. The summed E-state index contributed by atoms with van der Waals surface area (Å²) in [6, 6.07) is 117. The van der Waals surface area contributed by atoms with Gasteiger partial charge in [0.05, 0.1) is 24.3 Å².